The Hall–Kier alpha value is -2.56. The van der Waals surface area contributed by atoms with Crippen molar-refractivity contribution in [3.8, 4) is 0 Å². The smallest absolute Gasteiger partial charge is 0.229 e. The molecule has 1 aliphatic rings. The number of aromatic nitrogens is 3. The summed E-state index contributed by atoms with van der Waals surface area (Å²) in [7, 11) is 0. The fraction of sp³-hybridized carbons (Fsp3) is 0.368. The van der Waals surface area contributed by atoms with Crippen LogP contribution in [0.1, 0.15) is 29.7 Å². The number of H-pyrrole nitrogens is 1. The van der Waals surface area contributed by atoms with Crippen LogP contribution in [0.4, 0.5) is 11.8 Å². The molecule has 24 heavy (non-hydrogen) atoms. The van der Waals surface area contributed by atoms with E-state index in [1.807, 2.05) is 0 Å². The third-order valence-corrected chi connectivity index (χ3v) is 4.54. The minimum atomic E-state index is 0.761. The lowest BCUT2D eigenvalue weighted by Crippen LogP contribution is -2.21. The van der Waals surface area contributed by atoms with Crippen LogP contribution in [0.15, 0.2) is 30.3 Å². The SMILES string of the molecule is Cc1cccc(CNc2nc(N3CCCC3)nc3[nH]c(C)cc23)c1. The maximum absolute atomic E-state index is 4.82. The van der Waals surface area contributed by atoms with Crippen molar-refractivity contribution in [1.29, 1.82) is 0 Å². The minimum Gasteiger partial charge on any atom is -0.365 e. The summed E-state index contributed by atoms with van der Waals surface area (Å²) in [5.41, 5.74) is 4.56. The number of anilines is 2. The Balaban J connectivity index is 1.67. The molecule has 5 heteroatoms. The number of nitrogens with zero attached hydrogens (tertiary/aromatic N) is 3. The van der Waals surface area contributed by atoms with Crippen molar-refractivity contribution in [2.24, 2.45) is 0 Å². The number of aromatic amines is 1. The first-order chi connectivity index (χ1) is 11.7. The minimum absolute atomic E-state index is 0.761. The van der Waals surface area contributed by atoms with Crippen molar-refractivity contribution >= 4 is 22.8 Å². The van der Waals surface area contributed by atoms with Crippen LogP contribution >= 0.6 is 0 Å². The maximum atomic E-state index is 4.82. The zero-order valence-electron chi connectivity index (χ0n) is 14.3. The number of rotatable bonds is 4. The summed E-state index contributed by atoms with van der Waals surface area (Å²) in [5.74, 6) is 1.74. The van der Waals surface area contributed by atoms with E-state index in [1.165, 1.54) is 24.0 Å². The summed E-state index contributed by atoms with van der Waals surface area (Å²) < 4.78 is 0. The first-order valence-corrected chi connectivity index (χ1v) is 8.61. The van der Waals surface area contributed by atoms with Crippen molar-refractivity contribution in [2.75, 3.05) is 23.3 Å². The summed E-state index contributed by atoms with van der Waals surface area (Å²) in [5, 5.41) is 4.57. The van der Waals surface area contributed by atoms with Crippen molar-refractivity contribution in [3.63, 3.8) is 0 Å². The van der Waals surface area contributed by atoms with E-state index in [-0.39, 0.29) is 0 Å². The fourth-order valence-corrected chi connectivity index (χ4v) is 3.33. The Morgan fingerprint density at radius 2 is 1.96 bits per heavy atom. The van der Waals surface area contributed by atoms with Crippen LogP contribution in [0.3, 0.4) is 0 Å². The number of hydrogen-bond acceptors (Lipinski definition) is 4. The van der Waals surface area contributed by atoms with E-state index in [2.05, 4.69) is 59.4 Å². The summed E-state index contributed by atoms with van der Waals surface area (Å²) in [6.45, 7) is 7.03. The molecule has 0 atom stereocenters. The molecule has 0 spiro atoms. The standard InChI is InChI=1S/C19H23N5/c1-13-6-5-7-15(10-13)12-20-17-16-11-14(2)21-18(16)23-19(22-17)24-8-3-4-9-24/h5-7,10-11H,3-4,8-9,12H2,1-2H3,(H2,20,21,22,23). The Morgan fingerprint density at radius 1 is 1.12 bits per heavy atom. The van der Waals surface area contributed by atoms with Gasteiger partial charge in [-0.25, -0.2) is 0 Å². The number of aryl methyl sites for hydroxylation is 2. The third kappa shape index (κ3) is 2.94. The van der Waals surface area contributed by atoms with Gasteiger partial charge in [0.15, 0.2) is 0 Å². The van der Waals surface area contributed by atoms with Crippen molar-refractivity contribution in [1.82, 2.24) is 15.0 Å². The number of nitrogens with one attached hydrogen (secondary N) is 2. The highest BCUT2D eigenvalue weighted by atomic mass is 15.3. The second kappa shape index (κ2) is 6.15. The first-order valence-electron chi connectivity index (χ1n) is 8.61. The molecule has 0 unspecified atom stereocenters. The van der Waals surface area contributed by atoms with Crippen LogP contribution < -0.4 is 10.2 Å². The van der Waals surface area contributed by atoms with Gasteiger partial charge in [-0.3, -0.25) is 0 Å². The van der Waals surface area contributed by atoms with E-state index >= 15 is 0 Å². The average molecular weight is 321 g/mol. The van der Waals surface area contributed by atoms with Gasteiger partial charge < -0.3 is 15.2 Å². The third-order valence-electron chi connectivity index (χ3n) is 4.54. The van der Waals surface area contributed by atoms with Gasteiger partial charge in [0.05, 0.1) is 5.39 Å². The molecule has 3 heterocycles. The highest BCUT2D eigenvalue weighted by Crippen LogP contribution is 2.26. The van der Waals surface area contributed by atoms with Gasteiger partial charge in [-0.1, -0.05) is 29.8 Å². The summed E-state index contributed by atoms with van der Waals surface area (Å²) in [4.78, 5) is 15.2. The normalized spacial score (nSPS) is 14.5. The molecule has 1 aliphatic heterocycles. The molecule has 0 aliphatic carbocycles. The van der Waals surface area contributed by atoms with E-state index in [9.17, 15) is 0 Å². The molecular formula is C19H23N5. The van der Waals surface area contributed by atoms with Crippen LogP contribution in [-0.4, -0.2) is 28.0 Å². The predicted molar refractivity (Wildman–Crippen MR) is 98.6 cm³/mol. The van der Waals surface area contributed by atoms with Crippen LogP contribution in [0.25, 0.3) is 11.0 Å². The van der Waals surface area contributed by atoms with Crippen LogP contribution in [0.5, 0.6) is 0 Å². The van der Waals surface area contributed by atoms with Gasteiger partial charge in [-0.2, -0.15) is 9.97 Å². The molecular weight excluding hydrogens is 298 g/mol. The zero-order chi connectivity index (χ0) is 16.5. The molecule has 3 aromatic rings. The second-order valence-corrected chi connectivity index (χ2v) is 6.62. The van der Waals surface area contributed by atoms with Gasteiger partial charge in [-0.15, -0.1) is 0 Å². The molecule has 0 bridgehead atoms. The number of benzene rings is 1. The quantitative estimate of drug-likeness (QED) is 0.767. The van der Waals surface area contributed by atoms with Gasteiger partial charge in [0.25, 0.3) is 0 Å². The van der Waals surface area contributed by atoms with E-state index in [0.29, 0.717) is 0 Å². The summed E-state index contributed by atoms with van der Waals surface area (Å²) in [6, 6.07) is 10.7. The zero-order valence-corrected chi connectivity index (χ0v) is 14.3. The van der Waals surface area contributed by atoms with Crippen LogP contribution in [0.2, 0.25) is 0 Å². The summed E-state index contributed by atoms with van der Waals surface area (Å²) in [6.07, 6.45) is 2.44. The van der Waals surface area contributed by atoms with Crippen LogP contribution in [-0.2, 0) is 6.54 Å². The van der Waals surface area contributed by atoms with E-state index in [4.69, 9.17) is 9.97 Å². The lowest BCUT2D eigenvalue weighted by molar-refractivity contribution is 0.903. The molecule has 2 N–H and O–H groups in total. The van der Waals surface area contributed by atoms with Crippen molar-refractivity contribution in [3.05, 3.63) is 47.2 Å². The van der Waals surface area contributed by atoms with E-state index in [1.54, 1.807) is 0 Å². The molecule has 5 nitrogen and oxygen atoms in total. The van der Waals surface area contributed by atoms with Crippen molar-refractivity contribution < 1.29 is 0 Å². The Bertz CT molecular complexity index is 861. The van der Waals surface area contributed by atoms with Gasteiger partial charge in [0.1, 0.15) is 11.5 Å². The van der Waals surface area contributed by atoms with E-state index < -0.39 is 0 Å². The second-order valence-electron chi connectivity index (χ2n) is 6.62. The molecule has 0 radical (unpaired) electrons. The average Bonchev–Trinajstić information content (AvgIpc) is 3.21. The Morgan fingerprint density at radius 3 is 2.75 bits per heavy atom. The number of hydrogen-bond donors (Lipinski definition) is 2. The van der Waals surface area contributed by atoms with Gasteiger partial charge in [-0.05, 0) is 38.3 Å². The molecule has 1 fully saturated rings. The molecule has 2 aromatic heterocycles. The molecule has 0 saturated carbocycles. The lowest BCUT2D eigenvalue weighted by atomic mass is 10.1. The van der Waals surface area contributed by atoms with Gasteiger partial charge >= 0.3 is 0 Å². The Labute approximate surface area is 142 Å². The highest BCUT2D eigenvalue weighted by Gasteiger charge is 2.18. The number of fused-ring (bicyclic) bond motifs is 1. The molecule has 0 amide bonds. The maximum Gasteiger partial charge on any atom is 0.229 e. The topological polar surface area (TPSA) is 56.8 Å². The van der Waals surface area contributed by atoms with Crippen LogP contribution in [0, 0.1) is 13.8 Å². The molecule has 124 valence electrons. The lowest BCUT2D eigenvalue weighted by Gasteiger charge is -2.16. The van der Waals surface area contributed by atoms with Crippen molar-refractivity contribution in [2.45, 2.75) is 33.2 Å². The molecule has 1 aromatic carbocycles. The van der Waals surface area contributed by atoms with E-state index in [0.717, 1.165) is 48.1 Å². The Kier molecular flexibility index (Phi) is 3.84. The van der Waals surface area contributed by atoms with Gasteiger partial charge in [0.2, 0.25) is 5.95 Å². The first kappa shape index (κ1) is 15.0. The highest BCUT2D eigenvalue weighted by molar-refractivity contribution is 5.89. The van der Waals surface area contributed by atoms with Gasteiger partial charge in [0, 0.05) is 25.3 Å². The monoisotopic (exact) mass is 321 g/mol. The molecule has 4 rings (SSSR count). The summed E-state index contributed by atoms with van der Waals surface area (Å²) >= 11 is 0. The largest absolute Gasteiger partial charge is 0.365 e. The fourth-order valence-electron chi connectivity index (χ4n) is 3.33. The predicted octanol–water partition coefficient (Wildman–Crippen LogP) is 3.79. The molecule has 1 saturated heterocycles.